The van der Waals surface area contributed by atoms with Gasteiger partial charge in [-0.05, 0) is 77.0 Å². The predicted molar refractivity (Wildman–Crippen MR) is 288 cm³/mol. The van der Waals surface area contributed by atoms with E-state index in [1.54, 1.807) is 0 Å². The Morgan fingerprint density at radius 3 is 1.03 bits per heavy atom. The van der Waals surface area contributed by atoms with Gasteiger partial charge in [0.2, 0.25) is 0 Å². The van der Waals surface area contributed by atoms with E-state index in [9.17, 15) is 14.4 Å². The van der Waals surface area contributed by atoms with Crippen molar-refractivity contribution in [3.8, 4) is 0 Å². The third-order valence-electron chi connectivity index (χ3n) is 10.0. The maximum Gasteiger partial charge on any atom is 0.306 e. The normalized spacial score (nSPS) is 13.5. The molecule has 6 nitrogen and oxygen atoms in total. The molecule has 6 heteroatoms. The fraction of sp³-hybridized carbons (Fsp3) is 0.492. The zero-order chi connectivity index (χ0) is 48.6. The molecule has 67 heavy (non-hydrogen) atoms. The molecule has 0 aliphatic heterocycles. The highest BCUT2D eigenvalue weighted by molar-refractivity contribution is 5.71. The van der Waals surface area contributed by atoms with E-state index in [0.717, 1.165) is 103 Å². The highest BCUT2D eigenvalue weighted by Crippen LogP contribution is 2.12. The van der Waals surface area contributed by atoms with Crippen molar-refractivity contribution in [3.05, 3.63) is 170 Å². The number of esters is 3. The number of ether oxygens (including phenoxy) is 3. The number of allylic oxidation sites excluding steroid dienone is 28. The second kappa shape index (κ2) is 53.4. The standard InChI is InChI=1S/C61H90O6/c1-4-7-10-13-16-19-22-25-27-29-31-33-36-39-42-45-48-51-54-60(63)66-57-58(56-65-59(62)53-50-47-44-41-38-35-24-21-18-15-12-9-6-3)67-61(64)55-52-49-46-43-40-37-34-32-30-28-26-23-20-17-14-11-8-5-2/h9-10,12-13,15-35,38,41,44,58H,4-8,11,14,36-37,39-40,42-43,45-57H2,1-3H3/b12-9-,13-10-,18-15-,19-16-,20-17-,24-21-,25-22-,26-23-,29-27-,30-28-,33-31-,34-32-,38-35-,44-41-. The number of carbonyl (C=O) groups is 3. The Labute approximate surface area is 409 Å². The molecule has 0 amide bonds. The molecule has 0 aliphatic rings. The Morgan fingerprint density at radius 1 is 0.313 bits per heavy atom. The average Bonchev–Trinajstić information content (AvgIpc) is 3.33. The predicted octanol–water partition coefficient (Wildman–Crippen LogP) is 17.2. The van der Waals surface area contributed by atoms with E-state index < -0.39 is 6.10 Å². The monoisotopic (exact) mass is 919 g/mol. The first-order valence-corrected chi connectivity index (χ1v) is 25.8. The Hall–Kier alpha value is -5.23. The van der Waals surface area contributed by atoms with Gasteiger partial charge in [-0.2, -0.15) is 0 Å². The van der Waals surface area contributed by atoms with Crippen LogP contribution in [0.4, 0.5) is 0 Å². The number of hydrogen-bond donors (Lipinski definition) is 0. The minimum atomic E-state index is -0.840. The van der Waals surface area contributed by atoms with Gasteiger partial charge < -0.3 is 14.2 Å². The van der Waals surface area contributed by atoms with Gasteiger partial charge in [0.25, 0.3) is 0 Å². The number of rotatable bonds is 43. The molecular formula is C61H90O6. The van der Waals surface area contributed by atoms with Gasteiger partial charge in [0.15, 0.2) is 6.10 Å². The third kappa shape index (κ3) is 51.6. The summed E-state index contributed by atoms with van der Waals surface area (Å²) >= 11 is 0. The van der Waals surface area contributed by atoms with Crippen LogP contribution in [0.25, 0.3) is 0 Å². The summed E-state index contributed by atoms with van der Waals surface area (Å²) in [4.78, 5) is 38.0. The fourth-order valence-corrected chi connectivity index (χ4v) is 6.16. The summed E-state index contributed by atoms with van der Waals surface area (Å²) in [5.74, 6) is -1.07. The molecule has 0 rings (SSSR count). The lowest BCUT2D eigenvalue weighted by molar-refractivity contribution is -0.167. The van der Waals surface area contributed by atoms with Crippen LogP contribution in [-0.2, 0) is 28.6 Å². The zero-order valence-corrected chi connectivity index (χ0v) is 42.1. The van der Waals surface area contributed by atoms with Gasteiger partial charge in [0.1, 0.15) is 13.2 Å². The number of hydrogen-bond acceptors (Lipinski definition) is 6. The van der Waals surface area contributed by atoms with Crippen molar-refractivity contribution in [1.29, 1.82) is 0 Å². The SMILES string of the molecule is CC\C=C/C=C\C=C/C=C\C=C/CCCC(=O)OCC(COC(=O)CCCCCCC\C=C/C=C\C=C/C=C\C=C/CCC)OC(=O)CCCCCCC\C=C/C=C\C=C/C=C\CCCCC. The van der Waals surface area contributed by atoms with E-state index >= 15 is 0 Å². The lowest BCUT2D eigenvalue weighted by Crippen LogP contribution is -2.30. The second-order valence-corrected chi connectivity index (χ2v) is 16.3. The molecule has 0 saturated carbocycles. The van der Waals surface area contributed by atoms with Crippen LogP contribution in [0, 0.1) is 0 Å². The first-order valence-electron chi connectivity index (χ1n) is 25.8. The lowest BCUT2D eigenvalue weighted by Gasteiger charge is -2.18. The first kappa shape index (κ1) is 61.8. The molecular weight excluding hydrogens is 829 g/mol. The van der Waals surface area contributed by atoms with Crippen molar-refractivity contribution < 1.29 is 28.6 Å². The van der Waals surface area contributed by atoms with Crippen LogP contribution in [0.5, 0.6) is 0 Å². The van der Waals surface area contributed by atoms with Gasteiger partial charge in [-0.3, -0.25) is 14.4 Å². The lowest BCUT2D eigenvalue weighted by atomic mass is 10.1. The fourth-order valence-electron chi connectivity index (χ4n) is 6.16. The van der Waals surface area contributed by atoms with Crippen molar-refractivity contribution in [2.24, 2.45) is 0 Å². The smallest absolute Gasteiger partial charge is 0.306 e. The Balaban J connectivity index is 4.63. The third-order valence-corrected chi connectivity index (χ3v) is 10.0. The average molecular weight is 919 g/mol. The molecule has 0 saturated heterocycles. The molecule has 0 aromatic heterocycles. The van der Waals surface area contributed by atoms with E-state index in [-0.39, 0.29) is 44.0 Å². The highest BCUT2D eigenvalue weighted by atomic mass is 16.6. The summed E-state index contributed by atoms with van der Waals surface area (Å²) in [5.41, 5.74) is 0. The van der Waals surface area contributed by atoms with Gasteiger partial charge in [-0.25, -0.2) is 0 Å². The molecule has 0 fully saturated rings. The molecule has 0 radical (unpaired) electrons. The van der Waals surface area contributed by atoms with Crippen molar-refractivity contribution in [2.45, 2.75) is 181 Å². The molecule has 1 atom stereocenters. The van der Waals surface area contributed by atoms with E-state index in [4.69, 9.17) is 14.2 Å². The van der Waals surface area contributed by atoms with Crippen LogP contribution in [-0.4, -0.2) is 37.2 Å². The van der Waals surface area contributed by atoms with Crippen molar-refractivity contribution in [3.63, 3.8) is 0 Å². The van der Waals surface area contributed by atoms with Gasteiger partial charge in [0, 0.05) is 19.3 Å². The summed E-state index contributed by atoms with van der Waals surface area (Å²) in [5, 5.41) is 0. The minimum absolute atomic E-state index is 0.133. The van der Waals surface area contributed by atoms with E-state index in [0.29, 0.717) is 12.8 Å². The number of carbonyl (C=O) groups excluding carboxylic acids is 3. The maximum atomic E-state index is 12.8. The topological polar surface area (TPSA) is 78.9 Å². The summed E-state index contributed by atoms with van der Waals surface area (Å²) in [6.07, 6.45) is 79.0. The van der Waals surface area contributed by atoms with E-state index in [1.165, 1.54) is 25.7 Å². The van der Waals surface area contributed by atoms with Crippen molar-refractivity contribution in [1.82, 2.24) is 0 Å². The van der Waals surface area contributed by atoms with Crippen molar-refractivity contribution >= 4 is 17.9 Å². The highest BCUT2D eigenvalue weighted by Gasteiger charge is 2.19. The largest absolute Gasteiger partial charge is 0.462 e. The number of unbranched alkanes of at least 4 members (excludes halogenated alkanes) is 15. The first-order chi connectivity index (χ1) is 33.0. The van der Waals surface area contributed by atoms with Crippen LogP contribution in [0.3, 0.4) is 0 Å². The molecule has 1 unspecified atom stereocenters. The molecule has 0 aromatic carbocycles. The Kier molecular flexibility index (Phi) is 49.2. The van der Waals surface area contributed by atoms with Crippen molar-refractivity contribution in [2.75, 3.05) is 13.2 Å². The van der Waals surface area contributed by atoms with Crippen LogP contribution in [0.2, 0.25) is 0 Å². The summed E-state index contributed by atoms with van der Waals surface area (Å²) in [6.45, 7) is 6.22. The Morgan fingerprint density at radius 2 is 0.627 bits per heavy atom. The van der Waals surface area contributed by atoms with Crippen LogP contribution < -0.4 is 0 Å². The van der Waals surface area contributed by atoms with Crippen LogP contribution in [0.15, 0.2) is 170 Å². The quantitative estimate of drug-likeness (QED) is 0.0262. The molecule has 0 spiro atoms. The van der Waals surface area contributed by atoms with E-state index in [1.807, 2.05) is 91.1 Å². The van der Waals surface area contributed by atoms with Gasteiger partial charge in [0.05, 0.1) is 0 Å². The van der Waals surface area contributed by atoms with E-state index in [2.05, 4.69) is 99.8 Å². The molecule has 0 heterocycles. The molecule has 0 aliphatic carbocycles. The molecule has 0 aromatic rings. The molecule has 370 valence electrons. The summed E-state index contributed by atoms with van der Waals surface area (Å²) < 4.78 is 16.7. The van der Waals surface area contributed by atoms with Gasteiger partial charge in [-0.1, -0.05) is 249 Å². The minimum Gasteiger partial charge on any atom is -0.462 e. The Bertz CT molecular complexity index is 1620. The summed E-state index contributed by atoms with van der Waals surface area (Å²) in [7, 11) is 0. The van der Waals surface area contributed by atoms with Crippen LogP contribution in [0.1, 0.15) is 175 Å². The summed E-state index contributed by atoms with van der Waals surface area (Å²) in [6, 6.07) is 0. The van der Waals surface area contributed by atoms with Crippen LogP contribution >= 0.6 is 0 Å². The maximum absolute atomic E-state index is 12.8. The van der Waals surface area contributed by atoms with Gasteiger partial charge in [-0.15, -0.1) is 0 Å². The molecule has 0 N–H and O–H groups in total. The zero-order valence-electron chi connectivity index (χ0n) is 42.1. The molecule has 0 bridgehead atoms. The second-order valence-electron chi connectivity index (χ2n) is 16.3. The van der Waals surface area contributed by atoms with Gasteiger partial charge >= 0.3 is 17.9 Å².